The highest BCUT2D eigenvalue weighted by atomic mass is 32.2. The van der Waals surface area contributed by atoms with Crippen molar-refractivity contribution in [2.24, 2.45) is 0 Å². The molecule has 0 spiro atoms. The van der Waals surface area contributed by atoms with Gasteiger partial charge in [0.15, 0.2) is 21.6 Å². The zero-order valence-electron chi connectivity index (χ0n) is 28.2. The lowest BCUT2D eigenvalue weighted by Crippen LogP contribution is -2.46. The zero-order chi connectivity index (χ0) is 34.1. The number of nitrogens with zero attached hydrogens (tertiary/aromatic N) is 6. The van der Waals surface area contributed by atoms with Crippen LogP contribution >= 0.6 is 23.1 Å². The fraction of sp³-hybridized carbons (Fsp3) is 0.613. The van der Waals surface area contributed by atoms with Gasteiger partial charge in [-0.1, -0.05) is 40.5 Å². The molecular weight excluding hydrogens is 645 g/mol. The van der Waals surface area contributed by atoms with Crippen molar-refractivity contribution in [3.05, 3.63) is 29.0 Å². The van der Waals surface area contributed by atoms with E-state index in [1.807, 2.05) is 13.1 Å². The second kappa shape index (κ2) is 20.5. The van der Waals surface area contributed by atoms with Crippen LogP contribution in [0.1, 0.15) is 51.9 Å². The molecule has 0 atom stereocenters. The first-order chi connectivity index (χ1) is 22.1. The van der Waals surface area contributed by atoms with Gasteiger partial charge in [-0.25, -0.2) is 8.42 Å². The minimum atomic E-state index is -3.76. The summed E-state index contributed by atoms with van der Waals surface area (Å²) in [5.41, 5.74) is 1.43. The number of sulfonamides is 1. The van der Waals surface area contributed by atoms with Gasteiger partial charge in [-0.2, -0.15) is 13.1 Å². The molecule has 2 fully saturated rings. The van der Waals surface area contributed by atoms with E-state index in [0.29, 0.717) is 44.4 Å². The van der Waals surface area contributed by atoms with E-state index < -0.39 is 10.0 Å². The summed E-state index contributed by atoms with van der Waals surface area (Å²) in [6, 6.07) is 2.00. The smallest absolute Gasteiger partial charge is 0.256 e. The van der Waals surface area contributed by atoms with Gasteiger partial charge in [0.05, 0.1) is 30.2 Å². The van der Waals surface area contributed by atoms with Crippen molar-refractivity contribution in [2.45, 2.75) is 57.7 Å². The molecule has 0 aliphatic carbocycles. The van der Waals surface area contributed by atoms with E-state index in [9.17, 15) is 13.5 Å². The third kappa shape index (κ3) is 11.8. The highest BCUT2D eigenvalue weighted by Gasteiger charge is 2.32. The molecule has 0 radical (unpaired) electrons. The van der Waals surface area contributed by atoms with Crippen LogP contribution in [0.5, 0.6) is 5.75 Å². The summed E-state index contributed by atoms with van der Waals surface area (Å²) in [5.74, 6) is 1.39. The maximum atomic E-state index is 13.0. The Labute approximate surface area is 284 Å². The molecule has 12 nitrogen and oxygen atoms in total. The number of aromatic hydroxyl groups is 1. The lowest BCUT2D eigenvalue weighted by molar-refractivity contribution is 0.160. The van der Waals surface area contributed by atoms with Crippen molar-refractivity contribution in [1.29, 1.82) is 0 Å². The van der Waals surface area contributed by atoms with E-state index in [1.165, 1.54) is 43.4 Å². The predicted octanol–water partition coefficient (Wildman–Crippen LogP) is 5.06. The number of anilines is 3. The Morgan fingerprint density at radius 2 is 1.54 bits per heavy atom. The van der Waals surface area contributed by atoms with Crippen LogP contribution in [-0.2, 0) is 23.0 Å². The molecular formula is C31H52N8O4S3. The summed E-state index contributed by atoms with van der Waals surface area (Å²) in [7, 11) is 0.385. The Morgan fingerprint density at radius 1 is 0.957 bits per heavy atom. The van der Waals surface area contributed by atoms with Crippen molar-refractivity contribution in [3.63, 3.8) is 0 Å². The van der Waals surface area contributed by atoms with Crippen LogP contribution in [0.4, 0.5) is 17.3 Å². The fourth-order valence-corrected chi connectivity index (χ4v) is 7.82. The third-order valence-corrected chi connectivity index (χ3v) is 11.1. The van der Waals surface area contributed by atoms with Crippen LogP contribution in [0.15, 0.2) is 26.3 Å². The Balaban J connectivity index is 0.000000441. The molecule has 5 rings (SSSR count). The maximum Gasteiger partial charge on any atom is 0.256 e. The third-order valence-electron chi connectivity index (χ3n) is 7.23. The molecule has 0 bridgehead atoms. The van der Waals surface area contributed by atoms with E-state index in [4.69, 9.17) is 4.42 Å². The van der Waals surface area contributed by atoms with Gasteiger partial charge in [0, 0.05) is 57.7 Å². The van der Waals surface area contributed by atoms with Crippen LogP contribution in [0.3, 0.4) is 0 Å². The van der Waals surface area contributed by atoms with Crippen LogP contribution in [0.2, 0.25) is 0 Å². The van der Waals surface area contributed by atoms with Gasteiger partial charge in [-0.15, -0.1) is 24.2 Å². The molecule has 0 saturated carbocycles. The first-order valence-electron chi connectivity index (χ1n) is 15.8. The Kier molecular flexibility index (Phi) is 17.6. The standard InChI is InChI=1S/C19H26N6O4S3.C7H16N2.C3H8.C2H2/c1-3-4-13-9-14(29-11-13)10-20-17-18(23-31-22-17)21-15-12-30-19(16(15)26)32(27,28)25-7-5-24(2)6-8-25;1-3-9-6-4-8(2)5-7-9;1-3-2;1-2/h9,11-12,26H,3-8,10H2,1-2H3,(H,20,22)(H,21,23);3-7H2,1-2H3;3H2,1-2H3;1-2H. The number of hydrogen-bond acceptors (Lipinski definition) is 13. The van der Waals surface area contributed by atoms with E-state index in [1.54, 1.807) is 11.6 Å². The molecule has 3 N–H and O–H groups in total. The average Bonchev–Trinajstić information content (AvgIpc) is 3.79. The fourth-order valence-electron chi connectivity index (χ4n) is 4.54. The number of piperazine rings is 2. The second-order valence-corrected chi connectivity index (χ2v) is 14.6. The van der Waals surface area contributed by atoms with Crippen molar-refractivity contribution in [3.8, 4) is 18.6 Å². The largest absolute Gasteiger partial charge is 0.504 e. The van der Waals surface area contributed by atoms with E-state index in [0.717, 1.165) is 47.2 Å². The number of furan rings is 1. The van der Waals surface area contributed by atoms with Crippen LogP contribution in [0.25, 0.3) is 0 Å². The molecule has 15 heteroatoms. The lowest BCUT2D eigenvalue weighted by Gasteiger charge is -2.31. The van der Waals surface area contributed by atoms with Crippen molar-refractivity contribution >= 4 is 50.4 Å². The minimum absolute atomic E-state index is 0.0682. The molecule has 2 aliphatic heterocycles. The quantitative estimate of drug-likeness (QED) is 0.246. The number of rotatable bonds is 10. The molecule has 3 aromatic heterocycles. The Morgan fingerprint density at radius 3 is 2.13 bits per heavy atom. The summed E-state index contributed by atoms with van der Waals surface area (Å²) in [5, 5.41) is 18.4. The van der Waals surface area contributed by atoms with E-state index in [2.05, 4.69) is 81.7 Å². The maximum absolute atomic E-state index is 13.0. The first-order valence-corrected chi connectivity index (χ1v) is 18.8. The van der Waals surface area contributed by atoms with Crippen LogP contribution in [0, 0.1) is 12.8 Å². The average molecular weight is 697 g/mol. The van der Waals surface area contributed by atoms with Gasteiger partial charge in [0.1, 0.15) is 5.76 Å². The number of likely N-dealkylation sites (N-methyl/N-ethyl adjacent to an activating group) is 3. The van der Waals surface area contributed by atoms with Gasteiger partial charge in [-0.05, 0) is 38.7 Å². The topological polar surface area (TPSA) is 130 Å². The summed E-state index contributed by atoms with van der Waals surface area (Å²) in [6.07, 6.45) is 13.0. The van der Waals surface area contributed by atoms with Gasteiger partial charge >= 0.3 is 0 Å². The molecule has 0 unspecified atom stereocenters. The second-order valence-electron chi connectivity index (χ2n) is 11.0. The van der Waals surface area contributed by atoms with Crippen LogP contribution < -0.4 is 10.6 Å². The monoisotopic (exact) mass is 696 g/mol. The summed E-state index contributed by atoms with van der Waals surface area (Å²) in [4.78, 5) is 6.94. The summed E-state index contributed by atoms with van der Waals surface area (Å²) < 4.78 is 41.3. The Hall–Kier alpha value is -2.71. The number of thiophene rings is 1. The van der Waals surface area contributed by atoms with E-state index >= 15 is 0 Å². The predicted molar refractivity (Wildman–Crippen MR) is 191 cm³/mol. The molecule has 0 amide bonds. The van der Waals surface area contributed by atoms with Crippen molar-refractivity contribution in [1.82, 2.24) is 27.8 Å². The molecule has 5 heterocycles. The zero-order valence-corrected chi connectivity index (χ0v) is 30.6. The summed E-state index contributed by atoms with van der Waals surface area (Å²) in [6.45, 7) is 17.4. The van der Waals surface area contributed by atoms with Gasteiger partial charge < -0.3 is 34.9 Å². The molecule has 258 valence electrons. The summed E-state index contributed by atoms with van der Waals surface area (Å²) >= 11 is 2.00. The van der Waals surface area contributed by atoms with Gasteiger partial charge in [-0.3, -0.25) is 0 Å². The van der Waals surface area contributed by atoms with E-state index in [-0.39, 0.29) is 15.6 Å². The van der Waals surface area contributed by atoms with Crippen LogP contribution in [-0.4, -0.2) is 114 Å². The number of nitrogens with one attached hydrogen (secondary N) is 2. The molecule has 2 saturated heterocycles. The van der Waals surface area contributed by atoms with Gasteiger partial charge in [0.25, 0.3) is 10.0 Å². The highest BCUT2D eigenvalue weighted by molar-refractivity contribution is 7.91. The molecule has 46 heavy (non-hydrogen) atoms. The number of hydrogen-bond donors (Lipinski definition) is 3. The number of aryl methyl sites for hydroxylation is 1. The normalized spacial score (nSPS) is 16.3. The molecule has 3 aromatic rings. The Bertz CT molecular complexity index is 1390. The number of aromatic nitrogens is 2. The first kappa shape index (κ1) is 39.5. The highest BCUT2D eigenvalue weighted by Crippen LogP contribution is 2.41. The van der Waals surface area contributed by atoms with Crippen molar-refractivity contribution < 1.29 is 17.9 Å². The number of terminal acetylenes is 1. The van der Waals surface area contributed by atoms with Crippen molar-refractivity contribution in [2.75, 3.05) is 83.6 Å². The molecule has 0 aromatic carbocycles. The SMILES string of the molecule is C#C.CCC.CCCc1coc(CNc2nsnc2Nc2csc(S(=O)(=O)N3CCN(C)CC3)c2O)c1.CCN1CCN(C)CC1. The lowest BCUT2D eigenvalue weighted by atomic mass is 10.2. The van der Waals surface area contributed by atoms with Gasteiger partial charge in [0.2, 0.25) is 0 Å². The minimum Gasteiger partial charge on any atom is -0.504 e. The molecule has 2 aliphatic rings.